The standard InChI is InChI=1S/C73H134O6/c1-4-7-10-13-16-19-21-23-25-27-28-29-30-31-32-33-34-35-36-37-38-39-40-41-42-43-44-46-47-49-51-54-57-60-63-66-72(75)78-69-70(68-77-71(74)65-62-59-56-53-18-15-12-9-6-3)79-73(76)67-64-61-58-55-52-50-48-45-26-24-22-20-17-14-11-8-5-2/h8,11,17,20,24,26,48,50,70H,4-7,9-10,12-16,18-19,21-23,25,27-47,49,51-69H2,1-3H3/b11-8-,20-17-,26-24-,50-48-. The maximum atomic E-state index is 12.9. The van der Waals surface area contributed by atoms with Gasteiger partial charge < -0.3 is 14.2 Å². The summed E-state index contributed by atoms with van der Waals surface area (Å²) < 4.78 is 16.9. The lowest BCUT2D eigenvalue weighted by atomic mass is 10.0. The van der Waals surface area contributed by atoms with E-state index in [0.29, 0.717) is 19.3 Å². The van der Waals surface area contributed by atoms with Crippen LogP contribution in [0.5, 0.6) is 0 Å². The molecule has 0 aromatic heterocycles. The van der Waals surface area contributed by atoms with Crippen LogP contribution in [-0.2, 0) is 28.6 Å². The number of carbonyl (C=O) groups is 3. The molecule has 0 heterocycles. The first kappa shape index (κ1) is 76.4. The lowest BCUT2D eigenvalue weighted by Crippen LogP contribution is -2.30. The molecule has 0 aromatic carbocycles. The molecule has 1 unspecified atom stereocenters. The Kier molecular flexibility index (Phi) is 65.6. The Morgan fingerprint density at radius 1 is 0.266 bits per heavy atom. The van der Waals surface area contributed by atoms with E-state index in [-0.39, 0.29) is 31.1 Å². The fourth-order valence-electron chi connectivity index (χ4n) is 10.6. The van der Waals surface area contributed by atoms with E-state index in [4.69, 9.17) is 14.2 Å². The van der Waals surface area contributed by atoms with Crippen molar-refractivity contribution in [2.24, 2.45) is 0 Å². The van der Waals surface area contributed by atoms with E-state index in [0.717, 1.165) is 96.3 Å². The van der Waals surface area contributed by atoms with Crippen molar-refractivity contribution in [3.05, 3.63) is 48.6 Å². The molecule has 1 atom stereocenters. The predicted molar refractivity (Wildman–Crippen MR) is 344 cm³/mol. The van der Waals surface area contributed by atoms with Crippen molar-refractivity contribution in [1.82, 2.24) is 0 Å². The molecular weight excluding hydrogens is 973 g/mol. The zero-order valence-electron chi connectivity index (χ0n) is 53.2. The Hall–Kier alpha value is -2.63. The van der Waals surface area contributed by atoms with Gasteiger partial charge in [0.1, 0.15) is 13.2 Å². The monoisotopic (exact) mass is 1110 g/mol. The third-order valence-electron chi connectivity index (χ3n) is 15.8. The molecule has 0 rings (SSSR count). The van der Waals surface area contributed by atoms with Gasteiger partial charge in [0.25, 0.3) is 0 Å². The van der Waals surface area contributed by atoms with Crippen LogP contribution in [0.1, 0.15) is 380 Å². The zero-order chi connectivity index (χ0) is 57.1. The topological polar surface area (TPSA) is 78.9 Å². The van der Waals surface area contributed by atoms with E-state index in [2.05, 4.69) is 69.4 Å². The highest BCUT2D eigenvalue weighted by molar-refractivity contribution is 5.71. The highest BCUT2D eigenvalue weighted by Crippen LogP contribution is 2.19. The Morgan fingerprint density at radius 2 is 0.494 bits per heavy atom. The summed E-state index contributed by atoms with van der Waals surface area (Å²) in [4.78, 5) is 38.2. The zero-order valence-corrected chi connectivity index (χ0v) is 53.2. The molecule has 0 spiro atoms. The van der Waals surface area contributed by atoms with E-state index >= 15 is 0 Å². The van der Waals surface area contributed by atoms with Crippen LogP contribution >= 0.6 is 0 Å². The van der Waals surface area contributed by atoms with Crippen LogP contribution in [0.4, 0.5) is 0 Å². The van der Waals surface area contributed by atoms with Crippen molar-refractivity contribution in [1.29, 1.82) is 0 Å². The van der Waals surface area contributed by atoms with Gasteiger partial charge in [-0.25, -0.2) is 0 Å². The summed E-state index contributed by atoms with van der Waals surface area (Å²) in [6, 6.07) is 0. The van der Waals surface area contributed by atoms with Gasteiger partial charge in [-0.05, 0) is 57.8 Å². The molecule has 0 N–H and O–H groups in total. The summed E-state index contributed by atoms with van der Waals surface area (Å²) >= 11 is 0. The molecule has 0 aliphatic carbocycles. The van der Waals surface area contributed by atoms with Gasteiger partial charge in [-0.2, -0.15) is 0 Å². The minimum atomic E-state index is -0.783. The second-order valence-electron chi connectivity index (χ2n) is 23.8. The lowest BCUT2D eigenvalue weighted by Gasteiger charge is -2.18. The fourth-order valence-corrected chi connectivity index (χ4v) is 10.6. The number of esters is 3. The van der Waals surface area contributed by atoms with E-state index in [1.807, 2.05) is 0 Å². The number of carbonyl (C=O) groups excluding carboxylic acids is 3. The van der Waals surface area contributed by atoms with Crippen LogP contribution in [0.2, 0.25) is 0 Å². The molecule has 0 radical (unpaired) electrons. The van der Waals surface area contributed by atoms with Gasteiger partial charge in [-0.3, -0.25) is 14.4 Å². The van der Waals surface area contributed by atoms with Gasteiger partial charge in [0, 0.05) is 19.3 Å². The van der Waals surface area contributed by atoms with E-state index < -0.39 is 6.10 Å². The van der Waals surface area contributed by atoms with Crippen molar-refractivity contribution in [3.8, 4) is 0 Å². The molecule has 6 nitrogen and oxygen atoms in total. The maximum absolute atomic E-state index is 12.9. The molecule has 0 aliphatic rings. The van der Waals surface area contributed by atoms with Crippen molar-refractivity contribution < 1.29 is 28.6 Å². The molecule has 0 aliphatic heterocycles. The predicted octanol–water partition coefficient (Wildman–Crippen LogP) is 24.1. The highest BCUT2D eigenvalue weighted by Gasteiger charge is 2.19. The van der Waals surface area contributed by atoms with Crippen LogP contribution in [0, 0.1) is 0 Å². The third kappa shape index (κ3) is 66.1. The van der Waals surface area contributed by atoms with Gasteiger partial charge >= 0.3 is 17.9 Å². The number of unbranched alkanes of at least 4 members (excludes halogenated alkanes) is 46. The number of hydrogen-bond donors (Lipinski definition) is 0. The van der Waals surface area contributed by atoms with Crippen molar-refractivity contribution in [2.75, 3.05) is 13.2 Å². The van der Waals surface area contributed by atoms with Crippen molar-refractivity contribution in [3.63, 3.8) is 0 Å². The third-order valence-corrected chi connectivity index (χ3v) is 15.8. The smallest absolute Gasteiger partial charge is 0.306 e. The van der Waals surface area contributed by atoms with Crippen LogP contribution in [0.15, 0.2) is 48.6 Å². The van der Waals surface area contributed by atoms with E-state index in [9.17, 15) is 14.4 Å². The molecule has 0 amide bonds. The Labute approximate surface area is 492 Å². The van der Waals surface area contributed by atoms with Crippen molar-refractivity contribution in [2.45, 2.75) is 386 Å². The molecule has 462 valence electrons. The fraction of sp³-hybridized carbons (Fsp3) is 0.849. The van der Waals surface area contributed by atoms with Crippen LogP contribution < -0.4 is 0 Å². The second-order valence-corrected chi connectivity index (χ2v) is 23.8. The van der Waals surface area contributed by atoms with E-state index in [1.165, 1.54) is 244 Å². The Morgan fingerprint density at radius 3 is 0.772 bits per heavy atom. The lowest BCUT2D eigenvalue weighted by molar-refractivity contribution is -0.167. The highest BCUT2D eigenvalue weighted by atomic mass is 16.6. The second kappa shape index (κ2) is 67.9. The molecule has 0 saturated heterocycles. The molecule has 0 aromatic rings. The normalized spacial score (nSPS) is 12.3. The summed E-state index contributed by atoms with van der Waals surface area (Å²) in [5.74, 6) is -0.886. The maximum Gasteiger partial charge on any atom is 0.306 e. The summed E-state index contributed by atoms with van der Waals surface area (Å²) in [5.41, 5.74) is 0. The number of hydrogen-bond acceptors (Lipinski definition) is 6. The van der Waals surface area contributed by atoms with Crippen LogP contribution in [0.25, 0.3) is 0 Å². The summed E-state index contributed by atoms with van der Waals surface area (Å²) in [7, 11) is 0. The average molecular weight is 1110 g/mol. The van der Waals surface area contributed by atoms with Gasteiger partial charge in [-0.15, -0.1) is 0 Å². The van der Waals surface area contributed by atoms with Gasteiger partial charge in [0.2, 0.25) is 0 Å². The number of rotatable bonds is 65. The minimum Gasteiger partial charge on any atom is -0.462 e. The van der Waals surface area contributed by atoms with Gasteiger partial charge in [0.15, 0.2) is 6.10 Å². The molecule has 79 heavy (non-hydrogen) atoms. The Bertz CT molecular complexity index is 1360. The number of ether oxygens (including phenoxy) is 3. The van der Waals surface area contributed by atoms with Crippen LogP contribution in [0.3, 0.4) is 0 Å². The van der Waals surface area contributed by atoms with Gasteiger partial charge in [-0.1, -0.05) is 352 Å². The summed E-state index contributed by atoms with van der Waals surface area (Å²) in [6.45, 7) is 6.54. The SMILES string of the molecule is CC/C=C\C/C=C\C/C=C\C/C=C\CCCCCCC(=O)OC(COC(=O)CCCCCCCCCCC)COC(=O)CCCCCCCCCCCCCCCCCCCCCCCCCCCCCCCCCCCCC. The van der Waals surface area contributed by atoms with E-state index in [1.54, 1.807) is 0 Å². The number of allylic oxidation sites excluding steroid dienone is 8. The van der Waals surface area contributed by atoms with Crippen LogP contribution in [-0.4, -0.2) is 37.2 Å². The molecule has 0 fully saturated rings. The first-order chi connectivity index (χ1) is 39.0. The molecule has 0 saturated carbocycles. The van der Waals surface area contributed by atoms with Crippen molar-refractivity contribution >= 4 is 17.9 Å². The quantitative estimate of drug-likeness (QED) is 0.0261. The Balaban J connectivity index is 3.99. The largest absolute Gasteiger partial charge is 0.462 e. The summed E-state index contributed by atoms with van der Waals surface area (Å²) in [6.07, 6.45) is 86.1. The summed E-state index contributed by atoms with van der Waals surface area (Å²) in [5, 5.41) is 0. The molecule has 0 bridgehead atoms. The molecular formula is C73H134O6. The first-order valence-corrected chi connectivity index (χ1v) is 35.1. The first-order valence-electron chi connectivity index (χ1n) is 35.1. The average Bonchev–Trinajstić information content (AvgIpc) is 3.45. The van der Waals surface area contributed by atoms with Gasteiger partial charge in [0.05, 0.1) is 0 Å². The minimum absolute atomic E-state index is 0.0789. The molecule has 6 heteroatoms.